The summed E-state index contributed by atoms with van der Waals surface area (Å²) in [6, 6.07) is 14.3. The SMILES string of the molecule is CCCC1COC(C#Cc2ccc(-c3ccc(F)cc3)cc2)OC1. The van der Waals surface area contributed by atoms with Crippen LogP contribution >= 0.6 is 0 Å². The molecule has 3 rings (SSSR count). The van der Waals surface area contributed by atoms with Crippen molar-refractivity contribution >= 4 is 0 Å². The normalized spacial score (nSPS) is 20.2. The van der Waals surface area contributed by atoms with Crippen LogP contribution in [0.1, 0.15) is 25.3 Å². The summed E-state index contributed by atoms with van der Waals surface area (Å²) in [5, 5.41) is 0. The summed E-state index contributed by atoms with van der Waals surface area (Å²) in [6.07, 6.45) is 1.84. The highest BCUT2D eigenvalue weighted by atomic mass is 19.1. The van der Waals surface area contributed by atoms with Crippen molar-refractivity contribution in [2.75, 3.05) is 13.2 Å². The average Bonchev–Trinajstić information content (AvgIpc) is 2.63. The number of benzene rings is 2. The van der Waals surface area contributed by atoms with Crippen molar-refractivity contribution in [1.29, 1.82) is 0 Å². The summed E-state index contributed by atoms with van der Waals surface area (Å²) in [5.41, 5.74) is 2.92. The monoisotopic (exact) mass is 324 g/mol. The van der Waals surface area contributed by atoms with Crippen LogP contribution < -0.4 is 0 Å². The van der Waals surface area contributed by atoms with Gasteiger partial charge in [0, 0.05) is 11.5 Å². The van der Waals surface area contributed by atoms with Crippen molar-refractivity contribution in [3.63, 3.8) is 0 Å². The zero-order valence-electron chi connectivity index (χ0n) is 13.8. The van der Waals surface area contributed by atoms with Crippen LogP contribution in [0.3, 0.4) is 0 Å². The van der Waals surface area contributed by atoms with E-state index in [1.807, 2.05) is 24.3 Å². The first kappa shape index (κ1) is 16.7. The largest absolute Gasteiger partial charge is 0.342 e. The Morgan fingerprint density at radius 2 is 1.54 bits per heavy atom. The van der Waals surface area contributed by atoms with Crippen LogP contribution in [0, 0.1) is 23.6 Å². The molecule has 0 radical (unpaired) electrons. The van der Waals surface area contributed by atoms with Gasteiger partial charge >= 0.3 is 0 Å². The Morgan fingerprint density at radius 1 is 0.958 bits per heavy atom. The van der Waals surface area contributed by atoms with Crippen molar-refractivity contribution in [3.05, 3.63) is 59.9 Å². The van der Waals surface area contributed by atoms with Crippen LogP contribution in [0.15, 0.2) is 48.5 Å². The number of rotatable bonds is 3. The van der Waals surface area contributed by atoms with Gasteiger partial charge in [0.05, 0.1) is 13.2 Å². The zero-order valence-corrected chi connectivity index (χ0v) is 13.8. The van der Waals surface area contributed by atoms with Crippen LogP contribution in [0.25, 0.3) is 11.1 Å². The van der Waals surface area contributed by atoms with E-state index in [1.54, 1.807) is 12.1 Å². The summed E-state index contributed by atoms with van der Waals surface area (Å²) in [5.74, 6) is 6.37. The summed E-state index contributed by atoms with van der Waals surface area (Å²) in [7, 11) is 0. The molecule has 0 spiro atoms. The molecular weight excluding hydrogens is 303 g/mol. The van der Waals surface area contributed by atoms with Crippen LogP contribution in [0.4, 0.5) is 4.39 Å². The molecule has 1 heterocycles. The summed E-state index contributed by atoms with van der Waals surface area (Å²) < 4.78 is 24.2. The second-order valence-corrected chi connectivity index (χ2v) is 6.01. The van der Waals surface area contributed by atoms with Crippen molar-refractivity contribution in [2.24, 2.45) is 5.92 Å². The van der Waals surface area contributed by atoms with Gasteiger partial charge in [0.1, 0.15) is 5.82 Å². The lowest BCUT2D eigenvalue weighted by atomic mass is 10.0. The molecule has 2 nitrogen and oxygen atoms in total. The van der Waals surface area contributed by atoms with Gasteiger partial charge in [-0.25, -0.2) is 4.39 Å². The third kappa shape index (κ3) is 4.44. The lowest BCUT2D eigenvalue weighted by Crippen LogP contribution is -2.31. The molecule has 0 bridgehead atoms. The van der Waals surface area contributed by atoms with Gasteiger partial charge in [-0.2, -0.15) is 0 Å². The first-order valence-corrected chi connectivity index (χ1v) is 8.35. The fourth-order valence-electron chi connectivity index (χ4n) is 2.73. The molecule has 0 saturated carbocycles. The molecule has 1 aliphatic heterocycles. The Hall–Kier alpha value is -2.15. The topological polar surface area (TPSA) is 18.5 Å². The Bertz CT molecular complexity index is 702. The minimum Gasteiger partial charge on any atom is -0.342 e. The Labute approximate surface area is 142 Å². The third-order valence-electron chi connectivity index (χ3n) is 4.06. The minimum atomic E-state index is -0.435. The molecule has 2 aromatic rings. The molecule has 0 atom stereocenters. The van der Waals surface area contributed by atoms with Gasteiger partial charge in [-0.3, -0.25) is 0 Å². The molecule has 124 valence electrons. The maximum atomic E-state index is 13.0. The molecule has 2 aromatic carbocycles. The summed E-state index contributed by atoms with van der Waals surface area (Å²) >= 11 is 0. The Kier molecular flexibility index (Phi) is 5.63. The van der Waals surface area contributed by atoms with Gasteiger partial charge in [0.15, 0.2) is 0 Å². The number of hydrogen-bond acceptors (Lipinski definition) is 2. The first-order chi connectivity index (χ1) is 11.7. The lowest BCUT2D eigenvalue weighted by molar-refractivity contribution is -0.170. The molecule has 0 amide bonds. The molecule has 0 unspecified atom stereocenters. The second kappa shape index (κ2) is 8.10. The first-order valence-electron chi connectivity index (χ1n) is 8.35. The molecule has 0 aromatic heterocycles. The third-order valence-corrected chi connectivity index (χ3v) is 4.06. The van der Waals surface area contributed by atoms with Gasteiger partial charge < -0.3 is 9.47 Å². The second-order valence-electron chi connectivity index (χ2n) is 6.01. The summed E-state index contributed by atoms with van der Waals surface area (Å²) in [4.78, 5) is 0. The van der Waals surface area contributed by atoms with E-state index in [-0.39, 0.29) is 5.82 Å². The standard InChI is InChI=1S/C21H21FO2/c1-2-3-17-14-23-21(24-15-17)13-6-16-4-7-18(8-5-16)19-9-11-20(22)12-10-19/h4-5,7-12,17,21H,2-3,14-15H2,1H3. The molecule has 1 saturated heterocycles. The highest BCUT2D eigenvalue weighted by Crippen LogP contribution is 2.20. The van der Waals surface area contributed by atoms with Gasteiger partial charge in [0.2, 0.25) is 6.29 Å². The van der Waals surface area contributed by atoms with Crippen LogP contribution in [0.2, 0.25) is 0 Å². The minimum absolute atomic E-state index is 0.227. The predicted molar refractivity (Wildman–Crippen MR) is 92.8 cm³/mol. The van der Waals surface area contributed by atoms with E-state index in [0.717, 1.165) is 42.7 Å². The van der Waals surface area contributed by atoms with E-state index in [4.69, 9.17) is 9.47 Å². The smallest absolute Gasteiger partial charge is 0.222 e. The van der Waals surface area contributed by atoms with E-state index in [0.29, 0.717) is 5.92 Å². The maximum absolute atomic E-state index is 13.0. The molecule has 1 aliphatic rings. The zero-order chi connectivity index (χ0) is 16.8. The van der Waals surface area contributed by atoms with Gasteiger partial charge in [-0.1, -0.05) is 43.5 Å². The van der Waals surface area contributed by atoms with Crippen LogP contribution in [-0.4, -0.2) is 19.5 Å². The fraction of sp³-hybridized carbons (Fsp3) is 0.333. The molecule has 0 aliphatic carbocycles. The Morgan fingerprint density at radius 3 is 2.12 bits per heavy atom. The van der Waals surface area contributed by atoms with E-state index in [9.17, 15) is 4.39 Å². The van der Waals surface area contributed by atoms with Crippen molar-refractivity contribution in [3.8, 4) is 23.0 Å². The molecular formula is C21H21FO2. The van der Waals surface area contributed by atoms with Crippen LogP contribution in [-0.2, 0) is 9.47 Å². The average molecular weight is 324 g/mol. The van der Waals surface area contributed by atoms with Gasteiger partial charge in [0.25, 0.3) is 0 Å². The summed E-state index contributed by atoms with van der Waals surface area (Å²) in [6.45, 7) is 3.61. The van der Waals surface area contributed by atoms with E-state index in [2.05, 4.69) is 18.8 Å². The Balaban J connectivity index is 1.60. The molecule has 0 N–H and O–H groups in total. The maximum Gasteiger partial charge on any atom is 0.222 e. The molecule has 1 fully saturated rings. The van der Waals surface area contributed by atoms with Crippen molar-refractivity contribution in [2.45, 2.75) is 26.1 Å². The van der Waals surface area contributed by atoms with Gasteiger partial charge in [-0.15, -0.1) is 0 Å². The quantitative estimate of drug-likeness (QED) is 0.766. The van der Waals surface area contributed by atoms with E-state index < -0.39 is 6.29 Å². The number of ether oxygens (including phenoxy) is 2. The van der Waals surface area contributed by atoms with E-state index >= 15 is 0 Å². The van der Waals surface area contributed by atoms with Gasteiger partial charge in [-0.05, 0) is 47.7 Å². The van der Waals surface area contributed by atoms with Crippen LogP contribution in [0.5, 0.6) is 0 Å². The number of hydrogen-bond donors (Lipinski definition) is 0. The highest BCUT2D eigenvalue weighted by molar-refractivity contribution is 5.64. The van der Waals surface area contributed by atoms with Crippen molar-refractivity contribution < 1.29 is 13.9 Å². The highest BCUT2D eigenvalue weighted by Gasteiger charge is 2.19. The van der Waals surface area contributed by atoms with Crippen molar-refractivity contribution in [1.82, 2.24) is 0 Å². The van der Waals surface area contributed by atoms with E-state index in [1.165, 1.54) is 12.1 Å². The molecule has 24 heavy (non-hydrogen) atoms. The fourth-order valence-corrected chi connectivity index (χ4v) is 2.73. The molecule has 3 heteroatoms. The predicted octanol–water partition coefficient (Wildman–Crippen LogP) is 4.63. The number of halogens is 1. The lowest BCUT2D eigenvalue weighted by Gasteiger charge is -2.26.